The van der Waals surface area contributed by atoms with Crippen molar-refractivity contribution in [3.8, 4) is 0 Å². The fourth-order valence-corrected chi connectivity index (χ4v) is 2.70. The first kappa shape index (κ1) is 13.6. The van der Waals surface area contributed by atoms with E-state index in [0.29, 0.717) is 0 Å². The molecule has 2 nitrogen and oxygen atoms in total. The number of aliphatic hydroxyl groups is 1. The number of aliphatic hydroxyl groups excluding tert-OH is 1. The minimum Gasteiger partial charge on any atom is -0.395 e. The Labute approximate surface area is 102 Å². The second-order valence-corrected chi connectivity index (χ2v) is 5.20. The summed E-state index contributed by atoms with van der Waals surface area (Å²) in [6.45, 7) is 2.29. The van der Waals surface area contributed by atoms with Crippen molar-refractivity contribution in [1.29, 1.82) is 0 Å². The molecule has 0 aliphatic carbocycles. The van der Waals surface area contributed by atoms with Crippen LogP contribution in [0.25, 0.3) is 0 Å². The van der Waals surface area contributed by atoms with Crippen LogP contribution in [0.15, 0.2) is 30.3 Å². The molecule has 0 aliphatic heterocycles. The van der Waals surface area contributed by atoms with Gasteiger partial charge in [-0.1, -0.05) is 43.7 Å². The molecule has 90 valence electrons. The van der Waals surface area contributed by atoms with Gasteiger partial charge in [0.25, 0.3) is 0 Å². The maximum Gasteiger partial charge on any atom is 0.0565 e. The topological polar surface area (TPSA) is 46.2 Å². The summed E-state index contributed by atoms with van der Waals surface area (Å²) in [6.07, 6.45) is 2.05. The van der Waals surface area contributed by atoms with E-state index in [1.54, 1.807) is 11.8 Å². The molecular weight excluding hydrogens is 218 g/mol. The molecular formula is C13H21NOS. The standard InChI is InChI=1S/C13H21NOS/c1-2-6-12(14)13(9-15)16-10-11-7-4-3-5-8-11/h3-5,7-8,12-13,15H,2,6,9-10,14H2,1H3. The van der Waals surface area contributed by atoms with Gasteiger partial charge < -0.3 is 10.8 Å². The van der Waals surface area contributed by atoms with Crippen LogP contribution < -0.4 is 5.73 Å². The van der Waals surface area contributed by atoms with Gasteiger partial charge in [0.1, 0.15) is 0 Å². The number of rotatable bonds is 7. The quantitative estimate of drug-likeness (QED) is 0.768. The molecule has 0 saturated carbocycles. The fourth-order valence-electron chi connectivity index (χ4n) is 1.61. The molecule has 0 spiro atoms. The van der Waals surface area contributed by atoms with Crippen molar-refractivity contribution in [1.82, 2.24) is 0 Å². The van der Waals surface area contributed by atoms with Crippen LogP contribution >= 0.6 is 11.8 Å². The Morgan fingerprint density at radius 2 is 2.00 bits per heavy atom. The summed E-state index contributed by atoms with van der Waals surface area (Å²) in [6, 6.07) is 10.4. The van der Waals surface area contributed by atoms with Gasteiger partial charge in [-0.15, -0.1) is 11.8 Å². The Balaban J connectivity index is 2.39. The van der Waals surface area contributed by atoms with E-state index >= 15 is 0 Å². The molecule has 0 fully saturated rings. The minimum absolute atomic E-state index is 0.101. The van der Waals surface area contributed by atoms with Crippen LogP contribution in [0.1, 0.15) is 25.3 Å². The normalized spacial score (nSPS) is 14.7. The van der Waals surface area contributed by atoms with Crippen LogP contribution in [0.2, 0.25) is 0 Å². The average molecular weight is 239 g/mol. The lowest BCUT2D eigenvalue weighted by molar-refractivity contribution is 0.279. The van der Waals surface area contributed by atoms with E-state index < -0.39 is 0 Å². The highest BCUT2D eigenvalue weighted by atomic mass is 32.2. The summed E-state index contributed by atoms with van der Waals surface area (Å²) in [4.78, 5) is 0. The van der Waals surface area contributed by atoms with Gasteiger partial charge in [0, 0.05) is 17.0 Å². The number of thioether (sulfide) groups is 1. The van der Waals surface area contributed by atoms with Gasteiger partial charge in [0.15, 0.2) is 0 Å². The molecule has 1 aromatic rings. The number of benzene rings is 1. The van der Waals surface area contributed by atoms with E-state index in [-0.39, 0.29) is 17.9 Å². The lowest BCUT2D eigenvalue weighted by Gasteiger charge is -2.20. The molecule has 0 bridgehead atoms. The van der Waals surface area contributed by atoms with Crippen molar-refractivity contribution in [2.75, 3.05) is 6.61 Å². The van der Waals surface area contributed by atoms with Gasteiger partial charge in [0.2, 0.25) is 0 Å². The molecule has 2 unspecified atom stereocenters. The van der Waals surface area contributed by atoms with Crippen LogP contribution in [-0.2, 0) is 5.75 Å². The summed E-state index contributed by atoms with van der Waals surface area (Å²) in [5.41, 5.74) is 7.31. The van der Waals surface area contributed by atoms with Crippen molar-refractivity contribution in [3.63, 3.8) is 0 Å². The molecule has 0 radical (unpaired) electrons. The first-order valence-corrected chi connectivity index (χ1v) is 6.84. The zero-order valence-electron chi connectivity index (χ0n) is 9.80. The Bertz CT molecular complexity index is 279. The smallest absolute Gasteiger partial charge is 0.0565 e. The molecule has 2 atom stereocenters. The third-order valence-corrected chi connectivity index (χ3v) is 4.01. The maximum atomic E-state index is 9.30. The Morgan fingerprint density at radius 1 is 1.31 bits per heavy atom. The van der Waals surface area contributed by atoms with E-state index in [1.807, 2.05) is 18.2 Å². The molecule has 1 aromatic carbocycles. The average Bonchev–Trinajstić information content (AvgIpc) is 2.31. The molecule has 16 heavy (non-hydrogen) atoms. The monoisotopic (exact) mass is 239 g/mol. The second-order valence-electron chi connectivity index (χ2n) is 3.97. The highest BCUT2D eigenvalue weighted by Gasteiger charge is 2.16. The Hall–Kier alpha value is -0.510. The lowest BCUT2D eigenvalue weighted by atomic mass is 10.1. The summed E-state index contributed by atoms with van der Waals surface area (Å²) in [7, 11) is 0. The summed E-state index contributed by atoms with van der Waals surface area (Å²) < 4.78 is 0. The van der Waals surface area contributed by atoms with Crippen molar-refractivity contribution < 1.29 is 5.11 Å². The molecule has 0 heterocycles. The highest BCUT2D eigenvalue weighted by molar-refractivity contribution is 7.99. The van der Waals surface area contributed by atoms with Crippen molar-refractivity contribution >= 4 is 11.8 Å². The zero-order chi connectivity index (χ0) is 11.8. The van der Waals surface area contributed by atoms with E-state index in [9.17, 15) is 5.11 Å². The summed E-state index contributed by atoms with van der Waals surface area (Å²) in [5.74, 6) is 0.920. The number of hydrogen-bond acceptors (Lipinski definition) is 3. The van der Waals surface area contributed by atoms with Crippen LogP contribution in [0.4, 0.5) is 0 Å². The Morgan fingerprint density at radius 3 is 2.56 bits per heavy atom. The summed E-state index contributed by atoms with van der Waals surface area (Å²) >= 11 is 1.75. The lowest BCUT2D eigenvalue weighted by Crippen LogP contribution is -2.34. The van der Waals surface area contributed by atoms with Crippen molar-refractivity contribution in [2.24, 2.45) is 5.73 Å². The third-order valence-electron chi connectivity index (χ3n) is 2.59. The SMILES string of the molecule is CCCC(N)C(CO)SCc1ccccc1. The van der Waals surface area contributed by atoms with Crippen LogP contribution in [0.5, 0.6) is 0 Å². The van der Waals surface area contributed by atoms with Crippen molar-refractivity contribution in [3.05, 3.63) is 35.9 Å². The molecule has 3 heteroatoms. The van der Waals surface area contributed by atoms with Crippen LogP contribution in [0.3, 0.4) is 0 Å². The molecule has 1 rings (SSSR count). The molecule has 0 aliphatic rings. The fraction of sp³-hybridized carbons (Fsp3) is 0.538. The first-order chi connectivity index (χ1) is 7.77. The number of nitrogens with two attached hydrogens (primary N) is 1. The second kappa shape index (κ2) is 7.71. The predicted molar refractivity (Wildman–Crippen MR) is 71.5 cm³/mol. The van der Waals surface area contributed by atoms with E-state index in [2.05, 4.69) is 19.1 Å². The van der Waals surface area contributed by atoms with Gasteiger partial charge >= 0.3 is 0 Å². The van der Waals surface area contributed by atoms with E-state index in [0.717, 1.165) is 18.6 Å². The minimum atomic E-state index is 0.101. The first-order valence-electron chi connectivity index (χ1n) is 5.80. The predicted octanol–water partition coefficient (Wildman–Crippen LogP) is 2.41. The summed E-state index contributed by atoms with van der Waals surface area (Å²) in [5, 5.41) is 9.45. The van der Waals surface area contributed by atoms with Crippen LogP contribution in [-0.4, -0.2) is 23.0 Å². The molecule has 0 saturated heterocycles. The van der Waals surface area contributed by atoms with E-state index in [1.165, 1.54) is 5.56 Å². The highest BCUT2D eigenvalue weighted by Crippen LogP contribution is 2.21. The van der Waals surface area contributed by atoms with Crippen molar-refractivity contribution in [2.45, 2.75) is 36.8 Å². The maximum absolute atomic E-state index is 9.30. The van der Waals surface area contributed by atoms with Gasteiger partial charge in [-0.3, -0.25) is 0 Å². The largest absolute Gasteiger partial charge is 0.395 e. The van der Waals surface area contributed by atoms with Gasteiger partial charge in [0.05, 0.1) is 6.61 Å². The van der Waals surface area contributed by atoms with Crippen LogP contribution in [0, 0.1) is 0 Å². The molecule has 0 aromatic heterocycles. The third kappa shape index (κ3) is 4.56. The van der Waals surface area contributed by atoms with Gasteiger partial charge in [-0.25, -0.2) is 0 Å². The van der Waals surface area contributed by atoms with Gasteiger partial charge in [-0.05, 0) is 12.0 Å². The molecule has 3 N–H and O–H groups in total. The van der Waals surface area contributed by atoms with E-state index in [4.69, 9.17) is 5.73 Å². The zero-order valence-corrected chi connectivity index (χ0v) is 10.6. The van der Waals surface area contributed by atoms with Gasteiger partial charge in [-0.2, -0.15) is 0 Å². The molecule has 0 amide bonds. The Kier molecular flexibility index (Phi) is 6.53. The number of hydrogen-bond donors (Lipinski definition) is 2.